The average molecular weight is 188 g/mol. The summed E-state index contributed by atoms with van der Waals surface area (Å²) >= 11 is 0. The zero-order valence-electron chi connectivity index (χ0n) is 7.85. The second-order valence-electron chi connectivity index (χ2n) is 3.88. The van der Waals surface area contributed by atoms with Gasteiger partial charge in [-0.15, -0.1) is 0 Å². The summed E-state index contributed by atoms with van der Waals surface area (Å²) in [4.78, 5) is 4.32. The Morgan fingerprint density at radius 1 is 1.36 bits per heavy atom. The topological polar surface area (TPSA) is 56.2 Å². The Labute approximate surface area is 81.8 Å². The van der Waals surface area contributed by atoms with Crippen molar-refractivity contribution in [2.45, 2.75) is 25.2 Å². The largest absolute Gasteiger partial charge is 0.396 e. The number of rotatable bonds is 1. The summed E-state index contributed by atoms with van der Waals surface area (Å²) in [6.45, 7) is 0. The molecule has 2 N–H and O–H groups in total. The van der Waals surface area contributed by atoms with Crippen LogP contribution in [0.3, 0.4) is 0 Å². The van der Waals surface area contributed by atoms with Crippen molar-refractivity contribution >= 4 is 11.3 Å². The van der Waals surface area contributed by atoms with Crippen molar-refractivity contribution in [1.29, 1.82) is 0 Å². The molecule has 0 saturated heterocycles. The Kier molecular flexibility index (Phi) is 1.50. The van der Waals surface area contributed by atoms with Crippen molar-refractivity contribution in [3.63, 3.8) is 0 Å². The van der Waals surface area contributed by atoms with Crippen molar-refractivity contribution in [3.05, 3.63) is 24.2 Å². The number of anilines is 1. The highest BCUT2D eigenvalue weighted by molar-refractivity contribution is 5.51. The standard InChI is InChI=1S/C10H12N4/c11-8-4-12-10-9(7-2-1-3-7)5-13-14(10)6-8/h4-7H,1-3,11H2. The Morgan fingerprint density at radius 2 is 2.21 bits per heavy atom. The van der Waals surface area contributed by atoms with E-state index < -0.39 is 0 Å². The minimum Gasteiger partial charge on any atom is -0.396 e. The summed E-state index contributed by atoms with van der Waals surface area (Å²) < 4.78 is 1.77. The monoisotopic (exact) mass is 188 g/mol. The molecule has 0 unspecified atom stereocenters. The molecular formula is C10H12N4. The van der Waals surface area contributed by atoms with Gasteiger partial charge in [0.15, 0.2) is 5.65 Å². The molecule has 1 aliphatic rings. The van der Waals surface area contributed by atoms with Gasteiger partial charge in [0.2, 0.25) is 0 Å². The summed E-state index contributed by atoms with van der Waals surface area (Å²) in [5, 5.41) is 4.26. The number of nitrogens with zero attached hydrogens (tertiary/aromatic N) is 3. The van der Waals surface area contributed by atoms with Crippen LogP contribution in [0.25, 0.3) is 5.65 Å². The van der Waals surface area contributed by atoms with Crippen LogP contribution in [0.15, 0.2) is 18.6 Å². The van der Waals surface area contributed by atoms with E-state index in [1.54, 1.807) is 10.7 Å². The van der Waals surface area contributed by atoms with Gasteiger partial charge in [-0.1, -0.05) is 6.42 Å². The molecule has 1 aliphatic carbocycles. The number of aromatic nitrogens is 3. The SMILES string of the molecule is Nc1cnc2c(C3CCC3)cnn2c1. The zero-order chi connectivity index (χ0) is 9.54. The van der Waals surface area contributed by atoms with Crippen LogP contribution in [0.4, 0.5) is 5.69 Å². The quantitative estimate of drug-likeness (QED) is 0.739. The third-order valence-electron chi connectivity index (χ3n) is 2.95. The van der Waals surface area contributed by atoms with Gasteiger partial charge in [-0.05, 0) is 18.8 Å². The zero-order valence-corrected chi connectivity index (χ0v) is 7.85. The summed E-state index contributed by atoms with van der Waals surface area (Å²) in [6.07, 6.45) is 9.30. The smallest absolute Gasteiger partial charge is 0.158 e. The van der Waals surface area contributed by atoms with Gasteiger partial charge < -0.3 is 5.73 Å². The van der Waals surface area contributed by atoms with E-state index in [0.717, 1.165) is 5.65 Å². The fourth-order valence-electron chi connectivity index (χ4n) is 1.91. The fourth-order valence-corrected chi connectivity index (χ4v) is 1.91. The highest BCUT2D eigenvalue weighted by atomic mass is 15.2. The first-order valence-corrected chi connectivity index (χ1v) is 4.93. The number of nitrogen functional groups attached to an aromatic ring is 1. The average Bonchev–Trinajstić information content (AvgIpc) is 2.45. The lowest BCUT2D eigenvalue weighted by Gasteiger charge is -2.23. The lowest BCUT2D eigenvalue weighted by Crippen LogP contribution is -2.08. The van der Waals surface area contributed by atoms with E-state index in [4.69, 9.17) is 5.73 Å². The van der Waals surface area contributed by atoms with Crippen LogP contribution < -0.4 is 5.73 Å². The predicted molar refractivity (Wildman–Crippen MR) is 54.0 cm³/mol. The van der Waals surface area contributed by atoms with Gasteiger partial charge in [-0.2, -0.15) is 5.10 Å². The maximum Gasteiger partial charge on any atom is 0.158 e. The van der Waals surface area contributed by atoms with Crippen LogP contribution in [-0.4, -0.2) is 14.6 Å². The maximum atomic E-state index is 5.63. The molecule has 3 rings (SSSR count). The summed E-state index contributed by atoms with van der Waals surface area (Å²) in [7, 11) is 0. The molecule has 1 fully saturated rings. The van der Waals surface area contributed by atoms with Gasteiger partial charge in [0, 0.05) is 5.56 Å². The second-order valence-corrected chi connectivity index (χ2v) is 3.88. The van der Waals surface area contributed by atoms with E-state index in [0.29, 0.717) is 11.6 Å². The molecule has 0 atom stereocenters. The second kappa shape index (κ2) is 2.70. The Bertz CT molecular complexity index is 470. The van der Waals surface area contributed by atoms with Crippen molar-refractivity contribution in [3.8, 4) is 0 Å². The Hall–Kier alpha value is -1.58. The van der Waals surface area contributed by atoms with E-state index in [-0.39, 0.29) is 0 Å². The first-order valence-electron chi connectivity index (χ1n) is 4.93. The molecule has 0 radical (unpaired) electrons. The number of nitrogens with two attached hydrogens (primary N) is 1. The van der Waals surface area contributed by atoms with E-state index in [1.165, 1.54) is 24.8 Å². The van der Waals surface area contributed by atoms with Gasteiger partial charge in [-0.25, -0.2) is 9.50 Å². The highest BCUT2D eigenvalue weighted by Gasteiger charge is 2.23. The van der Waals surface area contributed by atoms with Crippen LogP contribution in [0.2, 0.25) is 0 Å². The lowest BCUT2D eigenvalue weighted by atomic mass is 9.81. The molecule has 0 aromatic carbocycles. The van der Waals surface area contributed by atoms with E-state index in [2.05, 4.69) is 10.1 Å². The first kappa shape index (κ1) is 7.79. The van der Waals surface area contributed by atoms with Gasteiger partial charge in [0.1, 0.15) is 0 Å². The van der Waals surface area contributed by atoms with Gasteiger partial charge in [-0.3, -0.25) is 0 Å². The van der Waals surface area contributed by atoms with Crippen LogP contribution >= 0.6 is 0 Å². The van der Waals surface area contributed by atoms with Crippen LogP contribution in [-0.2, 0) is 0 Å². The van der Waals surface area contributed by atoms with Gasteiger partial charge in [0.25, 0.3) is 0 Å². The molecule has 0 amide bonds. The van der Waals surface area contributed by atoms with E-state index >= 15 is 0 Å². The summed E-state index contributed by atoms with van der Waals surface area (Å²) in [5.41, 5.74) is 8.52. The summed E-state index contributed by atoms with van der Waals surface area (Å²) in [5.74, 6) is 0.670. The van der Waals surface area contributed by atoms with Crippen molar-refractivity contribution in [2.75, 3.05) is 5.73 Å². The minimum atomic E-state index is 0.653. The molecule has 0 aliphatic heterocycles. The van der Waals surface area contributed by atoms with Crippen LogP contribution in [0.1, 0.15) is 30.7 Å². The van der Waals surface area contributed by atoms with E-state index in [1.807, 2.05) is 12.4 Å². The minimum absolute atomic E-state index is 0.653. The van der Waals surface area contributed by atoms with Crippen LogP contribution in [0, 0.1) is 0 Å². The molecule has 2 heterocycles. The molecule has 0 bridgehead atoms. The van der Waals surface area contributed by atoms with Crippen molar-refractivity contribution < 1.29 is 0 Å². The molecule has 1 saturated carbocycles. The normalized spacial score (nSPS) is 17.1. The highest BCUT2D eigenvalue weighted by Crippen LogP contribution is 2.37. The molecule has 2 aromatic rings. The predicted octanol–water partition coefficient (Wildman–Crippen LogP) is 1.58. The first-order chi connectivity index (χ1) is 6.84. The molecule has 0 spiro atoms. The van der Waals surface area contributed by atoms with Crippen molar-refractivity contribution in [2.24, 2.45) is 0 Å². The molecule has 72 valence electrons. The van der Waals surface area contributed by atoms with Gasteiger partial charge in [0.05, 0.1) is 24.3 Å². The Balaban J connectivity index is 2.16. The molecule has 2 aromatic heterocycles. The third kappa shape index (κ3) is 0.999. The number of hydrogen-bond acceptors (Lipinski definition) is 3. The Morgan fingerprint density at radius 3 is 2.93 bits per heavy atom. The van der Waals surface area contributed by atoms with Crippen LogP contribution in [0.5, 0.6) is 0 Å². The maximum absolute atomic E-state index is 5.63. The summed E-state index contributed by atoms with van der Waals surface area (Å²) in [6, 6.07) is 0. The molecule has 4 heteroatoms. The lowest BCUT2D eigenvalue weighted by molar-refractivity contribution is 0.421. The molecule has 14 heavy (non-hydrogen) atoms. The number of fused-ring (bicyclic) bond motifs is 1. The number of hydrogen-bond donors (Lipinski definition) is 1. The third-order valence-corrected chi connectivity index (χ3v) is 2.95. The van der Waals surface area contributed by atoms with E-state index in [9.17, 15) is 0 Å². The van der Waals surface area contributed by atoms with Gasteiger partial charge >= 0.3 is 0 Å². The fraction of sp³-hybridized carbons (Fsp3) is 0.400. The van der Waals surface area contributed by atoms with Crippen molar-refractivity contribution in [1.82, 2.24) is 14.6 Å². The molecule has 4 nitrogen and oxygen atoms in total. The molecular weight excluding hydrogens is 176 g/mol.